The highest BCUT2D eigenvalue weighted by atomic mass is 28.2. The van der Waals surface area contributed by atoms with E-state index in [1.165, 1.54) is 31.6 Å². The maximum absolute atomic E-state index is 4.51. The zero-order valence-corrected chi connectivity index (χ0v) is 11.6. The summed E-state index contributed by atoms with van der Waals surface area (Å²) in [6, 6.07) is 3.12. The fraction of sp³-hybridized carbons (Fsp3) is 0.917. The molecule has 2 rings (SSSR count). The van der Waals surface area contributed by atoms with Gasteiger partial charge in [-0.3, -0.25) is 4.99 Å². The minimum absolute atomic E-state index is 0.218. The highest BCUT2D eigenvalue weighted by Crippen LogP contribution is 2.31. The molecule has 0 amide bonds. The Balaban J connectivity index is 1.55. The molecule has 1 saturated carbocycles. The first-order chi connectivity index (χ1) is 7.29. The van der Waals surface area contributed by atoms with Crippen molar-refractivity contribution in [3.05, 3.63) is 0 Å². The van der Waals surface area contributed by atoms with E-state index in [9.17, 15) is 0 Å². The lowest BCUT2D eigenvalue weighted by Gasteiger charge is -2.08. The van der Waals surface area contributed by atoms with Crippen LogP contribution in [0.25, 0.3) is 0 Å². The van der Waals surface area contributed by atoms with Crippen LogP contribution >= 0.6 is 0 Å². The van der Waals surface area contributed by atoms with E-state index in [1.807, 2.05) is 0 Å². The summed E-state index contributed by atoms with van der Waals surface area (Å²) in [6.45, 7) is 5.85. The van der Waals surface area contributed by atoms with Gasteiger partial charge in [-0.15, -0.1) is 0 Å². The maximum Gasteiger partial charge on any atom is 0.0360 e. The number of hydrogen-bond acceptors (Lipinski definition) is 2. The molecule has 15 heavy (non-hydrogen) atoms. The molecule has 0 aromatic carbocycles. The van der Waals surface area contributed by atoms with E-state index in [-0.39, 0.29) is 9.52 Å². The third-order valence-corrected chi connectivity index (χ3v) is 6.11. The van der Waals surface area contributed by atoms with Crippen LogP contribution in [0.5, 0.6) is 0 Å². The SMILES string of the molecule is CCN=C1C[C@@H]1C[SiH2]C[C@H]1CCN(C)C1. The monoisotopic (exact) mass is 224 g/mol. The summed E-state index contributed by atoms with van der Waals surface area (Å²) in [4.78, 5) is 7.00. The molecular formula is C12H24N2Si. The van der Waals surface area contributed by atoms with Crippen LogP contribution in [0, 0.1) is 11.8 Å². The molecule has 2 atom stereocenters. The summed E-state index contributed by atoms with van der Waals surface area (Å²) < 4.78 is 0. The largest absolute Gasteiger partial charge is 0.306 e. The van der Waals surface area contributed by atoms with Gasteiger partial charge >= 0.3 is 0 Å². The molecule has 3 heteroatoms. The average molecular weight is 224 g/mol. The Morgan fingerprint density at radius 1 is 1.47 bits per heavy atom. The molecule has 1 aliphatic heterocycles. The van der Waals surface area contributed by atoms with Gasteiger partial charge in [0, 0.05) is 28.3 Å². The van der Waals surface area contributed by atoms with Gasteiger partial charge in [-0.2, -0.15) is 0 Å². The van der Waals surface area contributed by atoms with Crippen LogP contribution in [0.3, 0.4) is 0 Å². The molecule has 0 N–H and O–H groups in total. The standard InChI is InChI=1S/C12H24N2Si/c1-3-13-12-6-11(12)9-15-8-10-4-5-14(2)7-10/h10-11H,3-9,15H2,1-2H3/t10-,11+/m0/s1. The molecule has 1 heterocycles. The van der Waals surface area contributed by atoms with Crippen LogP contribution in [-0.4, -0.2) is 46.8 Å². The van der Waals surface area contributed by atoms with Gasteiger partial charge < -0.3 is 4.90 Å². The third-order valence-electron chi connectivity index (χ3n) is 3.78. The Kier molecular flexibility index (Phi) is 3.97. The molecule has 86 valence electrons. The summed E-state index contributed by atoms with van der Waals surface area (Å²) in [5.41, 5.74) is 1.54. The van der Waals surface area contributed by atoms with Gasteiger partial charge in [-0.1, -0.05) is 12.1 Å². The summed E-state index contributed by atoms with van der Waals surface area (Å²) in [5, 5.41) is 0. The summed E-state index contributed by atoms with van der Waals surface area (Å²) >= 11 is 0. The van der Waals surface area contributed by atoms with Crippen LogP contribution in [0.15, 0.2) is 4.99 Å². The zero-order valence-electron chi connectivity index (χ0n) is 10.2. The normalized spacial score (nSPS) is 34.7. The highest BCUT2D eigenvalue weighted by molar-refractivity contribution is 6.37. The van der Waals surface area contributed by atoms with Gasteiger partial charge in [-0.25, -0.2) is 0 Å². The molecule has 2 fully saturated rings. The van der Waals surface area contributed by atoms with Gasteiger partial charge in [0.25, 0.3) is 0 Å². The van der Waals surface area contributed by atoms with Crippen LogP contribution < -0.4 is 0 Å². The van der Waals surface area contributed by atoms with E-state index in [0.717, 1.165) is 18.4 Å². The van der Waals surface area contributed by atoms with Crippen molar-refractivity contribution in [2.45, 2.75) is 31.9 Å². The van der Waals surface area contributed by atoms with Crippen LogP contribution in [0.1, 0.15) is 19.8 Å². The predicted octanol–water partition coefficient (Wildman–Crippen LogP) is 1.42. The number of aliphatic imine (C=N–C) groups is 1. The first-order valence-electron chi connectivity index (χ1n) is 6.51. The fourth-order valence-corrected chi connectivity index (χ4v) is 5.09. The van der Waals surface area contributed by atoms with E-state index in [1.54, 1.807) is 12.1 Å². The summed E-state index contributed by atoms with van der Waals surface area (Å²) in [5.74, 6) is 1.99. The van der Waals surface area contributed by atoms with E-state index < -0.39 is 0 Å². The van der Waals surface area contributed by atoms with Gasteiger partial charge in [0.2, 0.25) is 0 Å². The van der Waals surface area contributed by atoms with Crippen molar-refractivity contribution in [3.8, 4) is 0 Å². The Bertz CT molecular complexity index is 240. The Hall–Kier alpha value is -0.153. The van der Waals surface area contributed by atoms with Crippen molar-refractivity contribution in [1.29, 1.82) is 0 Å². The molecule has 0 spiro atoms. The van der Waals surface area contributed by atoms with E-state index in [0.29, 0.717) is 0 Å². The minimum Gasteiger partial charge on any atom is -0.306 e. The molecule has 1 saturated heterocycles. The van der Waals surface area contributed by atoms with Gasteiger partial charge in [-0.05, 0) is 45.2 Å². The number of likely N-dealkylation sites (tertiary alicyclic amines) is 1. The smallest absolute Gasteiger partial charge is 0.0360 e. The summed E-state index contributed by atoms with van der Waals surface area (Å²) in [6.07, 6.45) is 2.80. The van der Waals surface area contributed by atoms with Gasteiger partial charge in [0.05, 0.1) is 0 Å². The van der Waals surface area contributed by atoms with E-state index in [2.05, 4.69) is 23.9 Å². The Labute approximate surface area is 96.0 Å². The van der Waals surface area contributed by atoms with Crippen molar-refractivity contribution in [2.24, 2.45) is 16.8 Å². The average Bonchev–Trinajstić information content (AvgIpc) is 2.80. The second-order valence-corrected chi connectivity index (χ2v) is 7.08. The van der Waals surface area contributed by atoms with Crippen molar-refractivity contribution in [2.75, 3.05) is 26.7 Å². The van der Waals surface area contributed by atoms with Gasteiger partial charge in [0.15, 0.2) is 0 Å². The summed E-state index contributed by atoms with van der Waals surface area (Å²) in [7, 11) is 2.48. The zero-order chi connectivity index (χ0) is 10.7. The van der Waals surface area contributed by atoms with Crippen molar-refractivity contribution in [3.63, 3.8) is 0 Å². The molecule has 0 unspecified atom stereocenters. The van der Waals surface area contributed by atoms with Gasteiger partial charge in [0.1, 0.15) is 0 Å². The van der Waals surface area contributed by atoms with Crippen molar-refractivity contribution in [1.82, 2.24) is 4.90 Å². The molecular weight excluding hydrogens is 200 g/mol. The predicted molar refractivity (Wildman–Crippen MR) is 69.8 cm³/mol. The van der Waals surface area contributed by atoms with Crippen LogP contribution in [0.2, 0.25) is 12.1 Å². The quantitative estimate of drug-likeness (QED) is 0.645. The maximum atomic E-state index is 4.51. The lowest BCUT2D eigenvalue weighted by atomic mass is 10.2. The van der Waals surface area contributed by atoms with E-state index in [4.69, 9.17) is 0 Å². The molecule has 2 aliphatic rings. The molecule has 0 aromatic heterocycles. The lowest BCUT2D eigenvalue weighted by molar-refractivity contribution is 0.401. The lowest BCUT2D eigenvalue weighted by Crippen LogP contribution is -2.14. The molecule has 0 bridgehead atoms. The van der Waals surface area contributed by atoms with Crippen molar-refractivity contribution >= 4 is 15.2 Å². The van der Waals surface area contributed by atoms with Crippen molar-refractivity contribution < 1.29 is 0 Å². The first-order valence-corrected chi connectivity index (χ1v) is 8.51. The number of hydrogen-bond donors (Lipinski definition) is 0. The third kappa shape index (κ3) is 3.42. The molecule has 0 aromatic rings. The second kappa shape index (κ2) is 5.26. The van der Waals surface area contributed by atoms with Crippen LogP contribution in [-0.2, 0) is 0 Å². The molecule has 0 radical (unpaired) electrons. The topological polar surface area (TPSA) is 15.6 Å². The minimum atomic E-state index is 0.218. The number of rotatable bonds is 5. The molecule has 2 nitrogen and oxygen atoms in total. The first kappa shape index (κ1) is 11.3. The number of nitrogens with zero attached hydrogens (tertiary/aromatic N) is 2. The van der Waals surface area contributed by atoms with E-state index >= 15 is 0 Å². The Morgan fingerprint density at radius 2 is 2.33 bits per heavy atom. The second-order valence-electron chi connectivity index (χ2n) is 5.21. The molecule has 1 aliphatic carbocycles. The fourth-order valence-electron chi connectivity index (χ4n) is 2.77. The Morgan fingerprint density at radius 3 is 3.00 bits per heavy atom. The highest BCUT2D eigenvalue weighted by Gasteiger charge is 2.31. The van der Waals surface area contributed by atoms with Crippen LogP contribution in [0.4, 0.5) is 0 Å².